The number of esters is 1. The minimum atomic E-state index is -1.000. The third-order valence-corrected chi connectivity index (χ3v) is 6.39. The lowest BCUT2D eigenvalue weighted by Crippen LogP contribution is -2.51. The lowest BCUT2D eigenvalue weighted by atomic mass is 9.75. The average molecular weight is 501 g/mol. The Bertz CT molecular complexity index is 1020. The van der Waals surface area contributed by atoms with E-state index in [4.69, 9.17) is 16.3 Å². The molecule has 3 aromatic carbocycles. The van der Waals surface area contributed by atoms with Crippen molar-refractivity contribution < 1.29 is 14.3 Å². The van der Waals surface area contributed by atoms with Crippen LogP contribution in [0, 0.1) is 0 Å². The normalized spacial score (nSPS) is 12.1. The van der Waals surface area contributed by atoms with Crippen LogP contribution < -0.4 is 5.32 Å². The third-order valence-electron chi connectivity index (χ3n) is 5.38. The molecule has 0 saturated carbocycles. The van der Waals surface area contributed by atoms with Crippen LogP contribution in [0.15, 0.2) is 83.3 Å². The van der Waals surface area contributed by atoms with Gasteiger partial charge in [0.1, 0.15) is 6.04 Å². The number of benzene rings is 3. The highest BCUT2D eigenvalue weighted by Crippen LogP contribution is 2.32. The first-order valence-electron chi connectivity index (χ1n) is 9.80. The Balaban J connectivity index is 1.98. The van der Waals surface area contributed by atoms with Crippen LogP contribution in [-0.4, -0.2) is 25.0 Å². The van der Waals surface area contributed by atoms with Gasteiger partial charge in [0.15, 0.2) is 0 Å². The molecule has 0 saturated heterocycles. The zero-order valence-electron chi connectivity index (χ0n) is 17.3. The number of methoxy groups -OCH3 is 1. The van der Waals surface area contributed by atoms with Crippen LogP contribution in [0.1, 0.15) is 23.6 Å². The van der Waals surface area contributed by atoms with Crippen molar-refractivity contribution in [2.45, 2.75) is 24.8 Å². The molecule has 0 fully saturated rings. The molecule has 0 aliphatic heterocycles. The van der Waals surface area contributed by atoms with E-state index < -0.39 is 17.4 Å². The topological polar surface area (TPSA) is 55.4 Å². The fourth-order valence-corrected chi connectivity index (χ4v) is 4.13. The standard InChI is InChI=1S/C25H23BrClNO3/c1-25(18-9-5-3-6-10-18,19-11-7-4-8-12-19)24(30)28-22(23(29)31-2)16-17-15-20(27)13-14-21(17)26/h3-15,22H,16H2,1-2H3,(H,28,30)/t22-/m0/s1. The second-order valence-corrected chi connectivity index (χ2v) is 8.64. The molecule has 1 atom stereocenters. The lowest BCUT2D eigenvalue weighted by molar-refractivity contribution is -0.145. The smallest absolute Gasteiger partial charge is 0.328 e. The van der Waals surface area contributed by atoms with Gasteiger partial charge in [-0.3, -0.25) is 4.79 Å². The molecule has 0 aliphatic carbocycles. The summed E-state index contributed by atoms with van der Waals surface area (Å²) in [5.74, 6) is -0.817. The van der Waals surface area contributed by atoms with E-state index in [0.29, 0.717) is 5.02 Å². The number of ether oxygens (including phenoxy) is 1. The number of hydrogen-bond donors (Lipinski definition) is 1. The molecule has 0 aliphatic rings. The van der Waals surface area contributed by atoms with Crippen LogP contribution >= 0.6 is 27.5 Å². The van der Waals surface area contributed by atoms with E-state index in [1.54, 1.807) is 12.1 Å². The van der Waals surface area contributed by atoms with E-state index in [1.807, 2.05) is 73.7 Å². The molecule has 0 heterocycles. The number of nitrogens with one attached hydrogen (secondary N) is 1. The van der Waals surface area contributed by atoms with E-state index in [9.17, 15) is 9.59 Å². The quantitative estimate of drug-likeness (QED) is 0.447. The summed E-state index contributed by atoms with van der Waals surface area (Å²) in [6.45, 7) is 1.86. The van der Waals surface area contributed by atoms with Gasteiger partial charge in [0.05, 0.1) is 12.5 Å². The number of rotatable bonds is 7. The second kappa shape index (κ2) is 10.1. The molecule has 0 aromatic heterocycles. The predicted molar refractivity (Wildman–Crippen MR) is 126 cm³/mol. The van der Waals surface area contributed by atoms with Crippen molar-refractivity contribution in [3.8, 4) is 0 Å². The molecule has 3 rings (SSSR count). The molecule has 3 aromatic rings. The van der Waals surface area contributed by atoms with Crippen LogP contribution in [0.5, 0.6) is 0 Å². The van der Waals surface area contributed by atoms with Gasteiger partial charge in [-0.2, -0.15) is 0 Å². The first-order chi connectivity index (χ1) is 14.9. The number of amides is 1. The first kappa shape index (κ1) is 23.0. The summed E-state index contributed by atoms with van der Waals surface area (Å²) >= 11 is 9.61. The molecule has 0 spiro atoms. The van der Waals surface area contributed by atoms with E-state index >= 15 is 0 Å². The number of carbonyl (C=O) groups excluding carboxylic acids is 2. The van der Waals surface area contributed by atoms with Gasteiger partial charge in [-0.25, -0.2) is 4.79 Å². The van der Waals surface area contributed by atoms with Crippen molar-refractivity contribution in [3.05, 3.63) is 105 Å². The summed E-state index contributed by atoms with van der Waals surface area (Å²) in [6.07, 6.45) is 0.235. The molecular weight excluding hydrogens is 478 g/mol. The van der Waals surface area contributed by atoms with E-state index in [0.717, 1.165) is 21.2 Å². The van der Waals surface area contributed by atoms with Crippen molar-refractivity contribution in [1.82, 2.24) is 5.32 Å². The fourth-order valence-electron chi connectivity index (χ4n) is 3.53. The Morgan fingerprint density at radius 3 is 2.06 bits per heavy atom. The molecular formula is C25H23BrClNO3. The highest BCUT2D eigenvalue weighted by molar-refractivity contribution is 9.10. The Morgan fingerprint density at radius 2 is 1.55 bits per heavy atom. The van der Waals surface area contributed by atoms with Gasteiger partial charge in [-0.1, -0.05) is 88.2 Å². The van der Waals surface area contributed by atoms with E-state index in [2.05, 4.69) is 21.2 Å². The summed E-state index contributed by atoms with van der Waals surface area (Å²) in [6, 6.07) is 23.5. The van der Waals surface area contributed by atoms with Gasteiger partial charge in [-0.05, 0) is 41.8 Å². The van der Waals surface area contributed by atoms with E-state index in [1.165, 1.54) is 7.11 Å². The van der Waals surface area contributed by atoms with Crippen LogP contribution in [-0.2, 0) is 26.2 Å². The Labute approximate surface area is 195 Å². The monoisotopic (exact) mass is 499 g/mol. The Hall–Kier alpha value is -2.63. The summed E-state index contributed by atoms with van der Waals surface area (Å²) in [4.78, 5) is 26.2. The second-order valence-electron chi connectivity index (χ2n) is 7.35. The molecule has 0 radical (unpaired) electrons. The predicted octanol–water partition coefficient (Wildman–Crippen LogP) is 5.31. The van der Waals surface area contributed by atoms with Gasteiger partial charge in [-0.15, -0.1) is 0 Å². The maximum absolute atomic E-state index is 13.7. The maximum atomic E-state index is 13.7. The first-order valence-corrected chi connectivity index (χ1v) is 11.0. The SMILES string of the molecule is COC(=O)[C@H](Cc1cc(Cl)ccc1Br)NC(=O)C(C)(c1ccccc1)c1ccccc1. The molecule has 4 nitrogen and oxygen atoms in total. The van der Waals surface area contributed by atoms with Crippen molar-refractivity contribution in [1.29, 1.82) is 0 Å². The third kappa shape index (κ3) is 5.17. The Morgan fingerprint density at radius 1 is 1.00 bits per heavy atom. The van der Waals surface area contributed by atoms with Gasteiger partial charge in [0, 0.05) is 15.9 Å². The molecule has 0 unspecified atom stereocenters. The largest absolute Gasteiger partial charge is 0.467 e. The number of carbonyl (C=O) groups is 2. The van der Waals surface area contributed by atoms with E-state index in [-0.39, 0.29) is 12.3 Å². The average Bonchev–Trinajstić information content (AvgIpc) is 2.80. The van der Waals surface area contributed by atoms with Crippen molar-refractivity contribution in [2.75, 3.05) is 7.11 Å². The van der Waals surface area contributed by atoms with Crippen LogP contribution in [0.2, 0.25) is 5.02 Å². The van der Waals surface area contributed by atoms with Crippen molar-refractivity contribution >= 4 is 39.4 Å². The molecule has 1 amide bonds. The minimum Gasteiger partial charge on any atom is -0.467 e. The molecule has 6 heteroatoms. The van der Waals surface area contributed by atoms with Crippen molar-refractivity contribution in [2.24, 2.45) is 0 Å². The maximum Gasteiger partial charge on any atom is 0.328 e. The molecule has 31 heavy (non-hydrogen) atoms. The van der Waals surface area contributed by atoms with Crippen LogP contribution in [0.4, 0.5) is 0 Å². The molecule has 0 bridgehead atoms. The van der Waals surface area contributed by atoms with Crippen molar-refractivity contribution in [3.63, 3.8) is 0 Å². The minimum absolute atomic E-state index is 0.235. The van der Waals surface area contributed by atoms with Gasteiger partial charge < -0.3 is 10.1 Å². The van der Waals surface area contributed by atoms with Gasteiger partial charge >= 0.3 is 5.97 Å². The lowest BCUT2D eigenvalue weighted by Gasteiger charge is -2.31. The van der Waals surface area contributed by atoms with Crippen LogP contribution in [0.3, 0.4) is 0 Å². The number of hydrogen-bond acceptors (Lipinski definition) is 3. The summed E-state index contributed by atoms with van der Waals surface area (Å²) in [7, 11) is 1.31. The molecule has 1 N–H and O–H groups in total. The van der Waals surface area contributed by atoms with Gasteiger partial charge in [0.2, 0.25) is 5.91 Å². The highest BCUT2D eigenvalue weighted by Gasteiger charge is 2.39. The summed E-state index contributed by atoms with van der Waals surface area (Å²) in [5, 5.41) is 3.47. The molecule has 160 valence electrons. The van der Waals surface area contributed by atoms with Crippen LogP contribution in [0.25, 0.3) is 0 Å². The summed E-state index contributed by atoms with van der Waals surface area (Å²) in [5.41, 5.74) is 1.45. The highest BCUT2D eigenvalue weighted by atomic mass is 79.9. The number of halogens is 2. The summed E-state index contributed by atoms with van der Waals surface area (Å²) < 4.78 is 5.78. The zero-order chi connectivity index (χ0) is 22.4. The fraction of sp³-hybridized carbons (Fsp3) is 0.200. The zero-order valence-corrected chi connectivity index (χ0v) is 19.6. The van der Waals surface area contributed by atoms with Gasteiger partial charge in [0.25, 0.3) is 0 Å². The Kier molecular flexibility index (Phi) is 7.52.